The summed E-state index contributed by atoms with van der Waals surface area (Å²) in [7, 11) is 1.00. The molecule has 1 aromatic carbocycles. The lowest BCUT2D eigenvalue weighted by Gasteiger charge is -2.38. The van der Waals surface area contributed by atoms with Crippen LogP contribution in [0.25, 0.3) is 0 Å². The molecule has 43 heavy (non-hydrogen) atoms. The Bertz CT molecular complexity index is 1110. The molecule has 2 unspecified atom stereocenters. The third-order valence-corrected chi connectivity index (χ3v) is 6.20. The Morgan fingerprint density at radius 3 is 2.42 bits per heavy atom. The fourth-order valence-corrected chi connectivity index (χ4v) is 4.60. The molecule has 1 fully saturated rings. The molecule has 0 amide bonds. The molecule has 242 valence electrons. The van der Waals surface area contributed by atoms with Gasteiger partial charge in [-0.05, 0) is 38.9 Å². The van der Waals surface area contributed by atoms with Gasteiger partial charge in [0.15, 0.2) is 10.8 Å². The van der Waals surface area contributed by atoms with Crippen molar-refractivity contribution in [1.29, 1.82) is 0 Å². The first-order chi connectivity index (χ1) is 20.7. The number of piperidine rings is 1. The first-order valence-corrected chi connectivity index (χ1v) is 14.7. The van der Waals surface area contributed by atoms with E-state index in [-0.39, 0.29) is 32.1 Å². The number of hydrogen-bond acceptors (Lipinski definition) is 12. The molecule has 1 saturated heterocycles. The molecule has 1 aromatic heterocycles. The first-order valence-electron chi connectivity index (χ1n) is 13.4. The summed E-state index contributed by atoms with van der Waals surface area (Å²) < 4.78 is 57.6. The highest BCUT2D eigenvalue weighted by atomic mass is 32.1. The Hall–Kier alpha value is -2.82. The van der Waals surface area contributed by atoms with Crippen LogP contribution in [0, 0.1) is 5.82 Å². The lowest BCUT2D eigenvalue weighted by Crippen LogP contribution is -2.52. The van der Waals surface area contributed by atoms with Crippen LogP contribution < -0.4 is 5.32 Å². The van der Waals surface area contributed by atoms with Crippen LogP contribution in [0.15, 0.2) is 58.2 Å². The number of thiol groups is 1. The summed E-state index contributed by atoms with van der Waals surface area (Å²) in [5.41, 5.74) is 0.754. The van der Waals surface area contributed by atoms with Gasteiger partial charge < -0.3 is 29.2 Å². The van der Waals surface area contributed by atoms with E-state index >= 15 is 0 Å². The maximum atomic E-state index is 14.3. The van der Waals surface area contributed by atoms with E-state index in [1.807, 2.05) is 13.8 Å². The summed E-state index contributed by atoms with van der Waals surface area (Å²) in [5.74, 6) is -3.20. The predicted octanol–water partition coefficient (Wildman–Crippen LogP) is 4.47. The minimum Gasteiger partial charge on any atom is -0.463 e. The van der Waals surface area contributed by atoms with Crippen molar-refractivity contribution >= 4 is 42.3 Å². The van der Waals surface area contributed by atoms with Gasteiger partial charge in [-0.1, -0.05) is 32.0 Å². The van der Waals surface area contributed by atoms with E-state index in [9.17, 15) is 22.8 Å². The van der Waals surface area contributed by atoms with Crippen molar-refractivity contribution in [3.8, 4) is 0 Å². The van der Waals surface area contributed by atoms with Crippen molar-refractivity contribution in [3.63, 3.8) is 0 Å². The predicted molar refractivity (Wildman–Crippen MR) is 164 cm³/mol. The number of halogens is 3. The third-order valence-electron chi connectivity index (χ3n) is 5.42. The molecule has 2 aliphatic rings. The Balaban J connectivity index is 0.00000115. The van der Waals surface area contributed by atoms with Crippen LogP contribution in [0.5, 0.6) is 0 Å². The van der Waals surface area contributed by atoms with Gasteiger partial charge in [-0.25, -0.2) is 22.9 Å². The number of aliphatic hydroxyl groups is 1. The van der Waals surface area contributed by atoms with E-state index in [0.717, 1.165) is 7.11 Å². The van der Waals surface area contributed by atoms with Crippen molar-refractivity contribution in [2.45, 2.75) is 52.2 Å². The number of nitrogens with one attached hydrogen (secondary N) is 1. The minimum absolute atomic E-state index is 0.0550. The van der Waals surface area contributed by atoms with Crippen LogP contribution in [0.3, 0.4) is 0 Å². The number of ether oxygens (including phenoxy) is 2. The zero-order chi connectivity index (χ0) is 32.8. The zero-order valence-electron chi connectivity index (χ0n) is 24.9. The number of aldehydes is 1. The van der Waals surface area contributed by atoms with Gasteiger partial charge >= 0.3 is 5.97 Å². The Labute approximate surface area is 260 Å². The maximum absolute atomic E-state index is 14.3. The maximum Gasteiger partial charge on any atom is 0.338 e. The molecule has 2 atom stereocenters. The monoisotopic (exact) mass is 650 g/mol. The number of aliphatic hydroxyl groups excluding tert-OH is 1. The van der Waals surface area contributed by atoms with Crippen molar-refractivity contribution in [3.05, 3.63) is 64.0 Å². The van der Waals surface area contributed by atoms with Crippen LogP contribution in [0.4, 0.5) is 13.2 Å². The molecule has 3 N–H and O–H groups in total. The third kappa shape index (κ3) is 14.5. The number of carbonyl (C=O) groups excluding carboxylic acids is 2. The largest absolute Gasteiger partial charge is 0.463 e. The fraction of sp³-hybridized carbons (Fsp3) is 0.500. The summed E-state index contributed by atoms with van der Waals surface area (Å²) in [6.45, 7) is 7.19. The molecular weight excluding hydrogens is 609 g/mol. The number of benzene rings is 1. The first kappa shape index (κ1) is 40.2. The SMILES string of the molecule is CC.CCOC(=O)C1=C(CN2CC(OCC=O)CC(F)(F)C2)NC(c2nccs2)=NC1C.CO.Fc1ccccc1.OS. The van der Waals surface area contributed by atoms with Crippen LogP contribution in [0.1, 0.15) is 39.1 Å². The van der Waals surface area contributed by atoms with Crippen molar-refractivity contribution in [1.82, 2.24) is 15.2 Å². The van der Waals surface area contributed by atoms with Gasteiger partial charge in [-0.2, -0.15) is 0 Å². The van der Waals surface area contributed by atoms with Gasteiger partial charge in [0.25, 0.3) is 5.92 Å². The number of aromatic nitrogens is 1. The number of nitrogens with zero attached hydrogens (tertiary/aromatic N) is 3. The number of esters is 1. The highest BCUT2D eigenvalue weighted by molar-refractivity contribution is 7.74. The summed E-state index contributed by atoms with van der Waals surface area (Å²) in [6, 6.07) is 7.42. The highest BCUT2D eigenvalue weighted by Gasteiger charge is 2.42. The fourth-order valence-electron chi connectivity index (χ4n) is 4.02. The molecule has 10 nitrogen and oxygen atoms in total. The van der Waals surface area contributed by atoms with Crippen molar-refractivity contribution < 1.29 is 41.9 Å². The average Bonchev–Trinajstić information content (AvgIpc) is 3.54. The number of likely N-dealkylation sites (tertiary alicyclic amines) is 1. The lowest BCUT2D eigenvalue weighted by atomic mass is 10.0. The number of thiazole rings is 1. The van der Waals surface area contributed by atoms with E-state index in [1.54, 1.807) is 43.6 Å². The quantitative estimate of drug-likeness (QED) is 0.141. The Morgan fingerprint density at radius 1 is 1.26 bits per heavy atom. The molecule has 0 aliphatic carbocycles. The molecule has 3 heterocycles. The molecule has 15 heteroatoms. The van der Waals surface area contributed by atoms with Gasteiger partial charge in [0.05, 0.1) is 30.9 Å². The normalized spacial score (nSPS) is 18.7. The van der Waals surface area contributed by atoms with Crippen molar-refractivity contribution in [2.24, 2.45) is 4.99 Å². The highest BCUT2D eigenvalue weighted by Crippen LogP contribution is 2.30. The van der Waals surface area contributed by atoms with Crippen molar-refractivity contribution in [2.75, 3.05) is 40.0 Å². The molecule has 2 aliphatic heterocycles. The standard InChI is InChI=1S/C19H24F2N4O4S.C6H5F.C2H6.CH4O.H2OS/c1-3-28-18(27)15-12(2)23-16(17-22-4-7-30-17)24-14(15)10-25-9-13(29-6-5-26)8-19(20,21)11-25;7-6-4-2-1-3-5-6;3*1-2/h4-5,7,12-13H,3,6,8-11H2,1-2H3,(H,23,24);1-5H;1-2H3;2H,1H3;1-2H. The number of aliphatic imine (C=N–C) groups is 1. The van der Waals surface area contributed by atoms with Gasteiger partial charge in [0, 0.05) is 43.9 Å². The molecular formula is C28H41F3N4O6S2. The lowest BCUT2D eigenvalue weighted by molar-refractivity contribution is -0.139. The topological polar surface area (TPSA) is 134 Å². The van der Waals surface area contributed by atoms with E-state index in [2.05, 4.69) is 28.2 Å². The second kappa shape index (κ2) is 22.7. The Morgan fingerprint density at radius 2 is 1.91 bits per heavy atom. The number of amidine groups is 1. The van der Waals surface area contributed by atoms with Gasteiger partial charge in [0.1, 0.15) is 18.7 Å². The van der Waals surface area contributed by atoms with Crippen LogP contribution in [0.2, 0.25) is 0 Å². The van der Waals surface area contributed by atoms with Crippen LogP contribution in [-0.4, -0.2) is 95.7 Å². The van der Waals surface area contributed by atoms with Crippen LogP contribution >= 0.6 is 24.2 Å². The second-order valence-corrected chi connectivity index (χ2v) is 9.27. The number of alkyl halides is 2. The zero-order valence-corrected chi connectivity index (χ0v) is 26.6. The molecule has 4 rings (SSSR count). The molecule has 0 bridgehead atoms. The van der Waals surface area contributed by atoms with Gasteiger partial charge in [-0.15, -0.1) is 11.3 Å². The molecule has 2 aromatic rings. The van der Waals surface area contributed by atoms with Gasteiger partial charge in [0.2, 0.25) is 0 Å². The van der Waals surface area contributed by atoms with Gasteiger partial charge in [-0.3, -0.25) is 9.89 Å². The van der Waals surface area contributed by atoms with E-state index < -0.39 is 37.0 Å². The molecule has 0 spiro atoms. The number of hydrogen-bond donors (Lipinski definition) is 4. The molecule has 0 saturated carbocycles. The Kier molecular flexibility index (Phi) is 21.2. The number of rotatable bonds is 8. The summed E-state index contributed by atoms with van der Waals surface area (Å²) in [5, 5.41) is 12.5. The average molecular weight is 651 g/mol. The minimum atomic E-state index is -2.97. The van der Waals surface area contributed by atoms with Crippen LogP contribution in [-0.2, 0) is 19.1 Å². The second-order valence-electron chi connectivity index (χ2n) is 8.38. The smallest absolute Gasteiger partial charge is 0.338 e. The van der Waals surface area contributed by atoms with E-state index in [1.165, 1.54) is 28.4 Å². The van der Waals surface area contributed by atoms with E-state index in [0.29, 0.717) is 28.4 Å². The summed E-state index contributed by atoms with van der Waals surface area (Å²) in [4.78, 5) is 33.4. The summed E-state index contributed by atoms with van der Waals surface area (Å²) in [6.07, 6.45) is 0.953. The van der Waals surface area contributed by atoms with E-state index in [4.69, 9.17) is 19.1 Å². The molecule has 0 radical (unpaired) electrons. The number of carbonyl (C=O) groups is 2. The summed E-state index contributed by atoms with van der Waals surface area (Å²) >= 11 is 3.91.